The predicted octanol–water partition coefficient (Wildman–Crippen LogP) is 3.47. The molecule has 102 valence electrons. The molecule has 8 heteroatoms. The van der Waals surface area contributed by atoms with Gasteiger partial charge in [0.1, 0.15) is 5.75 Å². The van der Waals surface area contributed by atoms with Crippen LogP contribution in [0.3, 0.4) is 0 Å². The molecule has 0 unspecified atom stereocenters. The summed E-state index contributed by atoms with van der Waals surface area (Å²) in [4.78, 5) is 0. The van der Waals surface area contributed by atoms with Crippen molar-refractivity contribution in [2.75, 3.05) is 12.4 Å². The molecule has 0 atom stereocenters. The second kappa shape index (κ2) is 7.22. The molecule has 0 aliphatic carbocycles. The van der Waals surface area contributed by atoms with Crippen molar-refractivity contribution in [1.82, 2.24) is 0 Å². The fourth-order valence-electron chi connectivity index (χ4n) is 1.21. The molecule has 0 saturated heterocycles. The molecule has 1 aromatic carbocycles. The summed E-state index contributed by atoms with van der Waals surface area (Å²) >= 11 is 6.69. The highest BCUT2D eigenvalue weighted by atomic mass is 127. The van der Waals surface area contributed by atoms with Gasteiger partial charge in [-0.3, -0.25) is 4.55 Å². The van der Waals surface area contributed by atoms with E-state index in [0.29, 0.717) is 0 Å². The summed E-state index contributed by atoms with van der Waals surface area (Å²) in [6.07, 6.45) is 0.274. The normalized spacial score (nSPS) is 11.6. The molecule has 0 bridgehead atoms. The maximum absolute atomic E-state index is 10.6. The molecule has 0 aliphatic heterocycles. The van der Waals surface area contributed by atoms with Crippen molar-refractivity contribution in [3.05, 3.63) is 22.3 Å². The van der Waals surface area contributed by atoms with Gasteiger partial charge in [-0.15, -0.1) is 0 Å². The first-order valence-electron chi connectivity index (χ1n) is 4.94. The second-order valence-corrected chi connectivity index (χ2v) is 8.57. The van der Waals surface area contributed by atoms with E-state index in [1.807, 2.05) is 13.0 Å². The molecule has 1 rings (SSSR count). The lowest BCUT2D eigenvalue weighted by molar-refractivity contribution is 0.311. The second-order valence-electron chi connectivity index (χ2n) is 3.60. The molecule has 0 fully saturated rings. The van der Waals surface area contributed by atoms with Crippen LogP contribution in [0.4, 0.5) is 0 Å². The van der Waals surface area contributed by atoms with Gasteiger partial charge in [0.25, 0.3) is 10.1 Å². The van der Waals surface area contributed by atoms with Gasteiger partial charge < -0.3 is 4.74 Å². The minimum atomic E-state index is -3.90. The topological polar surface area (TPSA) is 63.6 Å². The van der Waals surface area contributed by atoms with Crippen molar-refractivity contribution in [1.29, 1.82) is 0 Å². The van der Waals surface area contributed by atoms with Crippen molar-refractivity contribution in [2.45, 2.75) is 13.3 Å². The van der Waals surface area contributed by atoms with Gasteiger partial charge in [-0.1, -0.05) is 0 Å². The Labute approximate surface area is 147 Å². The van der Waals surface area contributed by atoms with E-state index in [-0.39, 0.29) is 18.8 Å². The van der Waals surface area contributed by atoms with Gasteiger partial charge in [0.15, 0.2) is 0 Å². The summed E-state index contributed by atoms with van der Waals surface area (Å²) in [6.45, 7) is 2.29. The molecule has 1 aromatic rings. The van der Waals surface area contributed by atoms with E-state index in [9.17, 15) is 8.42 Å². The third kappa shape index (κ3) is 5.25. The Hall–Kier alpha value is 1.12. The fraction of sp³-hybridized carbons (Fsp3) is 0.400. The molecule has 4 nitrogen and oxygen atoms in total. The zero-order valence-corrected chi connectivity index (χ0v) is 16.7. The van der Waals surface area contributed by atoms with Crippen LogP contribution in [0.15, 0.2) is 6.07 Å². The minimum Gasteiger partial charge on any atom is -0.491 e. The standard InChI is InChI=1S/C10H11I3O4S/c1-6-7(11)5-8(12)10(9(6)13)17-3-2-4-18(14,15)16/h5H,2-4H2,1H3,(H,14,15,16). The van der Waals surface area contributed by atoms with Gasteiger partial charge >= 0.3 is 0 Å². The average molecular weight is 608 g/mol. The Morgan fingerprint density at radius 3 is 2.44 bits per heavy atom. The summed E-state index contributed by atoms with van der Waals surface area (Å²) in [5, 5.41) is 0. The van der Waals surface area contributed by atoms with Crippen LogP contribution in [0.2, 0.25) is 0 Å². The molecular formula is C10H11I3O4S. The van der Waals surface area contributed by atoms with Crippen molar-refractivity contribution in [2.24, 2.45) is 0 Å². The van der Waals surface area contributed by atoms with E-state index in [1.165, 1.54) is 3.57 Å². The SMILES string of the molecule is Cc1c(I)cc(I)c(OCCCS(=O)(=O)O)c1I. The van der Waals surface area contributed by atoms with Crippen LogP contribution in [0.5, 0.6) is 5.75 Å². The monoisotopic (exact) mass is 608 g/mol. The number of rotatable bonds is 5. The number of benzene rings is 1. The summed E-state index contributed by atoms with van der Waals surface area (Å²) < 4.78 is 38.6. The highest BCUT2D eigenvalue weighted by molar-refractivity contribution is 14.1. The van der Waals surface area contributed by atoms with Crippen LogP contribution in [-0.2, 0) is 10.1 Å². The molecule has 0 amide bonds. The highest BCUT2D eigenvalue weighted by Gasteiger charge is 2.12. The molecule has 0 saturated carbocycles. The Morgan fingerprint density at radius 1 is 1.28 bits per heavy atom. The van der Waals surface area contributed by atoms with Gasteiger partial charge in [0.05, 0.1) is 19.5 Å². The van der Waals surface area contributed by atoms with Crippen LogP contribution in [0.25, 0.3) is 0 Å². The van der Waals surface area contributed by atoms with Crippen LogP contribution in [-0.4, -0.2) is 25.3 Å². The quantitative estimate of drug-likeness (QED) is 0.317. The summed E-state index contributed by atoms with van der Waals surface area (Å²) in [5.74, 6) is 0.508. The van der Waals surface area contributed by atoms with Gasteiger partial charge in [0.2, 0.25) is 0 Å². The van der Waals surface area contributed by atoms with E-state index < -0.39 is 10.1 Å². The lowest BCUT2D eigenvalue weighted by atomic mass is 10.2. The van der Waals surface area contributed by atoms with Gasteiger partial charge in [-0.25, -0.2) is 0 Å². The number of halogens is 3. The van der Waals surface area contributed by atoms with Gasteiger partial charge in [-0.05, 0) is 92.7 Å². The maximum atomic E-state index is 10.6. The first-order valence-corrected chi connectivity index (χ1v) is 9.79. The van der Waals surface area contributed by atoms with Gasteiger partial charge in [-0.2, -0.15) is 8.42 Å². The largest absolute Gasteiger partial charge is 0.491 e. The van der Waals surface area contributed by atoms with Crippen molar-refractivity contribution < 1.29 is 17.7 Å². The Kier molecular flexibility index (Phi) is 6.89. The Bertz CT molecular complexity index is 543. The van der Waals surface area contributed by atoms with E-state index in [2.05, 4.69) is 67.8 Å². The first kappa shape index (κ1) is 17.2. The van der Waals surface area contributed by atoms with Crippen LogP contribution in [0.1, 0.15) is 12.0 Å². The molecule has 0 radical (unpaired) electrons. The van der Waals surface area contributed by atoms with E-state index in [4.69, 9.17) is 9.29 Å². The van der Waals surface area contributed by atoms with Crippen LogP contribution in [0, 0.1) is 17.6 Å². The number of hydrogen-bond donors (Lipinski definition) is 1. The smallest absolute Gasteiger partial charge is 0.264 e. The minimum absolute atomic E-state index is 0.270. The summed E-state index contributed by atoms with van der Waals surface area (Å²) in [5.41, 5.74) is 1.15. The third-order valence-electron chi connectivity index (χ3n) is 2.15. The Balaban J connectivity index is 2.71. The molecule has 18 heavy (non-hydrogen) atoms. The third-order valence-corrected chi connectivity index (χ3v) is 6.18. The summed E-state index contributed by atoms with van der Waals surface area (Å²) in [6, 6.07) is 2.02. The van der Waals surface area contributed by atoms with Crippen LogP contribution >= 0.6 is 67.8 Å². The molecule has 0 aliphatic rings. The molecule has 0 heterocycles. The highest BCUT2D eigenvalue weighted by Crippen LogP contribution is 2.33. The predicted molar refractivity (Wildman–Crippen MR) is 95.9 cm³/mol. The van der Waals surface area contributed by atoms with Crippen molar-refractivity contribution >= 4 is 77.9 Å². The molecular weight excluding hydrogens is 597 g/mol. The van der Waals surface area contributed by atoms with Crippen molar-refractivity contribution in [3.63, 3.8) is 0 Å². The number of hydrogen-bond acceptors (Lipinski definition) is 3. The molecule has 0 aromatic heterocycles. The summed E-state index contributed by atoms with van der Waals surface area (Å²) in [7, 11) is -3.90. The first-order chi connectivity index (χ1) is 8.22. The van der Waals surface area contributed by atoms with E-state index >= 15 is 0 Å². The molecule has 0 spiro atoms. The molecule has 1 N–H and O–H groups in total. The van der Waals surface area contributed by atoms with Crippen LogP contribution < -0.4 is 4.74 Å². The average Bonchev–Trinajstić information content (AvgIpc) is 2.23. The van der Waals surface area contributed by atoms with E-state index in [0.717, 1.165) is 18.5 Å². The zero-order valence-electron chi connectivity index (χ0n) is 9.41. The number of ether oxygens (including phenoxy) is 1. The zero-order chi connectivity index (χ0) is 13.9. The Morgan fingerprint density at radius 2 is 1.89 bits per heavy atom. The maximum Gasteiger partial charge on any atom is 0.264 e. The lowest BCUT2D eigenvalue weighted by Gasteiger charge is -2.13. The van der Waals surface area contributed by atoms with Gasteiger partial charge in [0, 0.05) is 3.57 Å². The van der Waals surface area contributed by atoms with Crippen molar-refractivity contribution in [3.8, 4) is 5.75 Å². The fourth-order valence-corrected chi connectivity index (χ4v) is 5.38. The lowest BCUT2D eigenvalue weighted by Crippen LogP contribution is -2.10. The van der Waals surface area contributed by atoms with E-state index in [1.54, 1.807) is 0 Å².